The summed E-state index contributed by atoms with van der Waals surface area (Å²) in [5.74, 6) is -0.366. The minimum atomic E-state index is -0.615. The highest BCUT2D eigenvalue weighted by Crippen LogP contribution is 2.30. The number of hydrogen-bond donors (Lipinski definition) is 0. The predicted molar refractivity (Wildman–Crippen MR) is 65.1 cm³/mol. The molecule has 0 spiro atoms. The van der Waals surface area contributed by atoms with E-state index >= 15 is 0 Å². The van der Waals surface area contributed by atoms with Crippen LogP contribution >= 0.6 is 23.4 Å². The van der Waals surface area contributed by atoms with Crippen molar-refractivity contribution < 1.29 is 14.0 Å². The van der Waals surface area contributed by atoms with Crippen LogP contribution in [-0.2, 0) is 9.63 Å². The normalized spacial score (nSPS) is 16.7. The maximum atomic E-state index is 13.1. The molecular weight excluding hydrogens is 265 g/mol. The summed E-state index contributed by atoms with van der Waals surface area (Å²) >= 11 is 6.91. The van der Waals surface area contributed by atoms with Crippen molar-refractivity contribution in [3.63, 3.8) is 0 Å². The number of thioether (sulfide) groups is 1. The third-order valence-electron chi connectivity index (χ3n) is 2.22. The van der Waals surface area contributed by atoms with Crippen LogP contribution in [0.5, 0.6) is 0 Å². The molecule has 0 aliphatic carbocycles. The summed E-state index contributed by atoms with van der Waals surface area (Å²) in [6.07, 6.45) is 0.636. The topological polar surface area (TPSA) is 38.7 Å². The second kappa shape index (κ2) is 5.51. The molecule has 1 aromatic rings. The first kappa shape index (κ1) is 12.4. The highest BCUT2D eigenvalue weighted by atomic mass is 35.5. The molecule has 0 N–H and O–H groups in total. The molecule has 0 fully saturated rings. The molecule has 3 nitrogen and oxygen atoms in total. The fourth-order valence-electron chi connectivity index (χ4n) is 1.47. The van der Waals surface area contributed by atoms with Crippen molar-refractivity contribution in [2.45, 2.75) is 11.3 Å². The zero-order chi connectivity index (χ0) is 12.3. The van der Waals surface area contributed by atoms with Crippen LogP contribution in [0.1, 0.15) is 12.0 Å². The highest BCUT2D eigenvalue weighted by Gasteiger charge is 2.17. The van der Waals surface area contributed by atoms with Crippen LogP contribution in [0.15, 0.2) is 28.3 Å². The van der Waals surface area contributed by atoms with Gasteiger partial charge in [-0.25, -0.2) is 9.18 Å². The van der Waals surface area contributed by atoms with E-state index in [0.29, 0.717) is 17.7 Å². The van der Waals surface area contributed by atoms with Crippen molar-refractivity contribution in [1.29, 1.82) is 0 Å². The number of halogens is 2. The van der Waals surface area contributed by atoms with E-state index in [4.69, 9.17) is 11.6 Å². The smallest absolute Gasteiger partial charge is 0.317 e. The van der Waals surface area contributed by atoms with Crippen LogP contribution < -0.4 is 0 Å². The van der Waals surface area contributed by atoms with Crippen molar-refractivity contribution in [1.82, 2.24) is 0 Å². The summed E-state index contributed by atoms with van der Waals surface area (Å²) in [7, 11) is 0. The lowest BCUT2D eigenvalue weighted by atomic mass is 10.1. The Bertz CT molecular complexity index is 479. The first-order valence-corrected chi connectivity index (χ1v) is 6.48. The third kappa shape index (κ3) is 2.98. The zero-order valence-corrected chi connectivity index (χ0v) is 10.4. The van der Waals surface area contributed by atoms with Gasteiger partial charge < -0.3 is 4.84 Å². The van der Waals surface area contributed by atoms with Gasteiger partial charge in [-0.3, -0.25) is 0 Å². The van der Waals surface area contributed by atoms with E-state index in [1.54, 1.807) is 17.8 Å². The van der Waals surface area contributed by atoms with Crippen molar-refractivity contribution in [3.05, 3.63) is 29.6 Å². The summed E-state index contributed by atoms with van der Waals surface area (Å²) in [6.45, 7) is 0. The van der Waals surface area contributed by atoms with Crippen LogP contribution in [0, 0.1) is 5.82 Å². The van der Waals surface area contributed by atoms with Crippen LogP contribution in [0.2, 0.25) is 0 Å². The quantitative estimate of drug-likeness (QED) is 0.472. The molecule has 0 saturated heterocycles. The number of carbonyl (C=O) groups excluding carboxylic acids is 1. The lowest BCUT2D eigenvalue weighted by Crippen LogP contribution is -2.12. The number of oxime groups is 1. The minimum Gasteiger partial charge on any atom is -0.317 e. The molecule has 1 heterocycles. The SMILES string of the molecule is O=C(CCl)O/N=C1/CCSc2ccc(F)cc21. The predicted octanol–water partition coefficient (Wildman–Crippen LogP) is 2.81. The number of hydrogen-bond acceptors (Lipinski definition) is 4. The first-order chi connectivity index (χ1) is 8.20. The standard InChI is InChI=1S/C11H9ClFNO2S/c12-6-11(15)16-14-9-3-4-17-10-2-1-7(13)5-8(9)10/h1-2,5H,3-4,6H2/b14-9-. The maximum Gasteiger partial charge on any atom is 0.349 e. The molecule has 17 heavy (non-hydrogen) atoms. The van der Waals surface area contributed by atoms with Gasteiger partial charge >= 0.3 is 5.97 Å². The van der Waals surface area contributed by atoms with E-state index in [-0.39, 0.29) is 11.7 Å². The molecule has 0 saturated carbocycles. The lowest BCUT2D eigenvalue weighted by Gasteiger charge is -2.16. The van der Waals surface area contributed by atoms with Gasteiger partial charge in [-0.05, 0) is 18.2 Å². The molecule has 90 valence electrons. The Hall–Kier alpha value is -1.07. The van der Waals surface area contributed by atoms with E-state index in [1.165, 1.54) is 12.1 Å². The highest BCUT2D eigenvalue weighted by molar-refractivity contribution is 7.99. The molecule has 0 radical (unpaired) electrons. The van der Waals surface area contributed by atoms with Gasteiger partial charge in [0.25, 0.3) is 0 Å². The number of rotatable bonds is 2. The van der Waals surface area contributed by atoms with E-state index in [9.17, 15) is 9.18 Å². The maximum absolute atomic E-state index is 13.1. The number of fused-ring (bicyclic) bond motifs is 1. The van der Waals surface area contributed by atoms with E-state index in [2.05, 4.69) is 9.99 Å². The van der Waals surface area contributed by atoms with Gasteiger partial charge in [0.15, 0.2) is 0 Å². The Morgan fingerprint density at radius 1 is 1.59 bits per heavy atom. The minimum absolute atomic E-state index is 0.248. The molecule has 1 aromatic carbocycles. The van der Waals surface area contributed by atoms with Crippen molar-refractivity contribution in [2.75, 3.05) is 11.6 Å². The van der Waals surface area contributed by atoms with Crippen LogP contribution in [-0.4, -0.2) is 23.3 Å². The van der Waals surface area contributed by atoms with Gasteiger partial charge in [0, 0.05) is 22.6 Å². The largest absolute Gasteiger partial charge is 0.349 e. The molecule has 2 rings (SSSR count). The Balaban J connectivity index is 2.27. The zero-order valence-electron chi connectivity index (χ0n) is 8.78. The average Bonchev–Trinajstić information content (AvgIpc) is 2.35. The fourth-order valence-corrected chi connectivity index (χ4v) is 2.53. The second-order valence-electron chi connectivity index (χ2n) is 3.37. The molecular formula is C11H9ClFNO2S. The third-order valence-corrected chi connectivity index (χ3v) is 3.51. The van der Waals surface area contributed by atoms with Crippen molar-refractivity contribution in [2.24, 2.45) is 5.16 Å². The average molecular weight is 274 g/mol. The van der Waals surface area contributed by atoms with Gasteiger partial charge in [0.05, 0.1) is 5.71 Å². The summed E-state index contributed by atoms with van der Waals surface area (Å²) in [6, 6.07) is 4.50. The van der Waals surface area contributed by atoms with Crippen molar-refractivity contribution in [3.8, 4) is 0 Å². The number of carbonyl (C=O) groups is 1. The Labute approximate surface area is 107 Å². The number of benzene rings is 1. The van der Waals surface area contributed by atoms with Crippen LogP contribution in [0.25, 0.3) is 0 Å². The van der Waals surface area contributed by atoms with E-state index < -0.39 is 5.97 Å². The molecule has 1 aliphatic rings. The molecule has 0 aromatic heterocycles. The van der Waals surface area contributed by atoms with Gasteiger partial charge in [0.2, 0.25) is 0 Å². The summed E-state index contributed by atoms with van der Waals surface area (Å²) in [4.78, 5) is 16.4. The Kier molecular flexibility index (Phi) is 4.02. The van der Waals surface area contributed by atoms with Crippen molar-refractivity contribution >= 4 is 35.0 Å². The Morgan fingerprint density at radius 3 is 3.18 bits per heavy atom. The monoisotopic (exact) mass is 273 g/mol. The fraction of sp³-hybridized carbons (Fsp3) is 0.273. The lowest BCUT2D eigenvalue weighted by molar-refractivity contribution is -0.140. The summed E-state index contributed by atoms with van der Waals surface area (Å²) in [5.41, 5.74) is 1.26. The van der Waals surface area contributed by atoms with Gasteiger partial charge in [-0.1, -0.05) is 5.16 Å². The molecule has 0 unspecified atom stereocenters. The summed E-state index contributed by atoms with van der Waals surface area (Å²) in [5, 5.41) is 3.74. The molecule has 0 bridgehead atoms. The van der Waals surface area contributed by atoms with Gasteiger partial charge in [-0.15, -0.1) is 23.4 Å². The molecule has 6 heteroatoms. The second-order valence-corrected chi connectivity index (χ2v) is 4.78. The molecule has 0 amide bonds. The number of alkyl halides is 1. The van der Waals surface area contributed by atoms with Gasteiger partial charge in [0.1, 0.15) is 11.7 Å². The number of nitrogens with zero attached hydrogens (tertiary/aromatic N) is 1. The van der Waals surface area contributed by atoms with Crippen LogP contribution in [0.4, 0.5) is 4.39 Å². The Morgan fingerprint density at radius 2 is 2.41 bits per heavy atom. The van der Waals surface area contributed by atoms with E-state index in [0.717, 1.165) is 10.6 Å². The van der Waals surface area contributed by atoms with E-state index in [1.807, 2.05) is 0 Å². The van der Waals surface area contributed by atoms with Gasteiger partial charge in [-0.2, -0.15) is 0 Å². The first-order valence-electron chi connectivity index (χ1n) is 4.96. The molecule has 0 atom stereocenters. The molecule has 1 aliphatic heterocycles. The van der Waals surface area contributed by atoms with Crippen LogP contribution in [0.3, 0.4) is 0 Å². The summed E-state index contributed by atoms with van der Waals surface area (Å²) < 4.78 is 13.1.